The van der Waals surface area contributed by atoms with Gasteiger partial charge in [-0.2, -0.15) is 0 Å². The number of nitrogens with zero attached hydrogens (tertiary/aromatic N) is 7. The van der Waals surface area contributed by atoms with Gasteiger partial charge in [0.2, 0.25) is 5.84 Å². The molecule has 0 aliphatic carbocycles. The summed E-state index contributed by atoms with van der Waals surface area (Å²) in [6, 6.07) is 36.7. The molecule has 1 aromatic heterocycles. The highest BCUT2D eigenvalue weighted by atomic mass is 16.5. The highest BCUT2D eigenvalue weighted by molar-refractivity contribution is 5.99. The maximum Gasteiger partial charge on any atom is 0.464 e. The average Bonchev–Trinajstić information content (AvgIpc) is 2.99. The van der Waals surface area contributed by atoms with Gasteiger partial charge in [-0.15, -0.1) is 14.8 Å². The molecule has 1 aliphatic heterocycles. The number of aromatic nitrogens is 3. The van der Waals surface area contributed by atoms with E-state index in [4.69, 9.17) is 19.7 Å². The first kappa shape index (κ1) is 23.9. The Kier molecular flexibility index (Phi) is 6.68. The van der Waals surface area contributed by atoms with E-state index in [1.165, 1.54) is 0 Å². The lowest BCUT2D eigenvalue weighted by Crippen LogP contribution is -2.32. The summed E-state index contributed by atoms with van der Waals surface area (Å²) in [5.41, 5.74) is 2.91. The highest BCUT2D eigenvalue weighted by Crippen LogP contribution is 2.27. The second-order valence-electron chi connectivity index (χ2n) is 8.70. The summed E-state index contributed by atoms with van der Waals surface area (Å²) in [4.78, 5) is 13.6. The smallest absolute Gasteiger partial charge is 0.412 e. The number of amidine groups is 1. The molecule has 0 unspecified atom stereocenters. The van der Waals surface area contributed by atoms with Crippen molar-refractivity contribution < 1.29 is 14.2 Å². The number of azo groups is 2. The number of para-hydroxylation sites is 3. The molecule has 0 saturated carbocycles. The third-order valence-corrected chi connectivity index (χ3v) is 5.78. The van der Waals surface area contributed by atoms with E-state index >= 15 is 0 Å². The SMILES string of the molecule is Cc1ccc(C2=NN(c3ccccc3)C[N+](c3nc(Oc4ccccc4)nc(Oc4ccccc4)n3)=N2)cc1. The first-order chi connectivity index (χ1) is 19.2. The van der Waals surface area contributed by atoms with Crippen LogP contribution in [0.25, 0.3) is 0 Å². The van der Waals surface area contributed by atoms with Crippen LogP contribution in [-0.4, -0.2) is 32.2 Å². The van der Waals surface area contributed by atoms with Crippen LogP contribution < -0.4 is 14.5 Å². The van der Waals surface area contributed by atoms with Crippen molar-refractivity contribution in [3.63, 3.8) is 0 Å². The van der Waals surface area contributed by atoms with Crippen LogP contribution in [0, 0.1) is 6.92 Å². The number of hydrogen-bond acceptors (Lipinski definition) is 8. The van der Waals surface area contributed by atoms with E-state index in [1.807, 2.05) is 127 Å². The Morgan fingerprint density at radius 3 is 1.74 bits per heavy atom. The summed E-state index contributed by atoms with van der Waals surface area (Å²) in [7, 11) is 0. The Hall–Kier alpha value is -5.44. The van der Waals surface area contributed by atoms with Gasteiger partial charge in [-0.25, -0.2) is 5.01 Å². The van der Waals surface area contributed by atoms with Crippen molar-refractivity contribution in [1.82, 2.24) is 15.0 Å². The molecule has 39 heavy (non-hydrogen) atoms. The van der Waals surface area contributed by atoms with E-state index in [9.17, 15) is 0 Å². The zero-order valence-electron chi connectivity index (χ0n) is 21.1. The topological polar surface area (TPSA) is 88.1 Å². The van der Waals surface area contributed by atoms with E-state index in [0.29, 0.717) is 17.3 Å². The van der Waals surface area contributed by atoms with Crippen LogP contribution in [0.2, 0.25) is 0 Å². The van der Waals surface area contributed by atoms with Crippen molar-refractivity contribution in [2.24, 2.45) is 10.2 Å². The molecule has 1 aliphatic rings. The molecular formula is C30H24N7O2+. The molecule has 4 aromatic carbocycles. The fourth-order valence-corrected chi connectivity index (χ4v) is 3.83. The highest BCUT2D eigenvalue weighted by Gasteiger charge is 2.29. The van der Waals surface area contributed by atoms with Crippen molar-refractivity contribution in [2.75, 3.05) is 11.7 Å². The average molecular weight is 515 g/mol. The minimum Gasteiger partial charge on any atom is -0.412 e. The summed E-state index contributed by atoms with van der Waals surface area (Å²) < 4.78 is 13.6. The predicted molar refractivity (Wildman–Crippen MR) is 147 cm³/mol. The van der Waals surface area contributed by atoms with Crippen molar-refractivity contribution in [2.45, 2.75) is 6.92 Å². The maximum atomic E-state index is 5.97. The number of hydrogen-bond donors (Lipinski definition) is 0. The van der Waals surface area contributed by atoms with E-state index < -0.39 is 0 Å². The Morgan fingerprint density at radius 1 is 0.641 bits per heavy atom. The first-order valence-corrected chi connectivity index (χ1v) is 12.4. The maximum absolute atomic E-state index is 5.97. The Balaban J connectivity index is 1.43. The summed E-state index contributed by atoms with van der Waals surface area (Å²) >= 11 is 0. The number of benzene rings is 4. The van der Waals surface area contributed by atoms with Crippen LogP contribution in [-0.2, 0) is 0 Å². The number of anilines is 1. The Morgan fingerprint density at radius 2 is 1.18 bits per heavy atom. The largest absolute Gasteiger partial charge is 0.464 e. The molecule has 6 rings (SSSR count). The van der Waals surface area contributed by atoms with Crippen LogP contribution in [0.5, 0.6) is 23.5 Å². The van der Waals surface area contributed by atoms with Crippen LogP contribution >= 0.6 is 0 Å². The van der Waals surface area contributed by atoms with Gasteiger partial charge in [0.15, 0.2) is 6.67 Å². The van der Waals surface area contributed by atoms with Gasteiger partial charge in [-0.3, -0.25) is 0 Å². The number of ether oxygens (including phenoxy) is 2. The zero-order valence-corrected chi connectivity index (χ0v) is 21.1. The molecule has 0 N–H and O–H groups in total. The second-order valence-corrected chi connectivity index (χ2v) is 8.70. The molecule has 0 spiro atoms. The monoisotopic (exact) mass is 514 g/mol. The van der Waals surface area contributed by atoms with Crippen LogP contribution in [0.3, 0.4) is 0 Å². The summed E-state index contributed by atoms with van der Waals surface area (Å²) in [5.74, 6) is 1.94. The number of aryl methyl sites for hydroxylation is 1. The molecule has 0 saturated heterocycles. The lowest BCUT2D eigenvalue weighted by molar-refractivity contribution is -0.515. The summed E-state index contributed by atoms with van der Waals surface area (Å²) in [5, 5.41) is 11.5. The fraction of sp³-hybridized carbons (Fsp3) is 0.0667. The van der Waals surface area contributed by atoms with E-state index in [-0.39, 0.29) is 24.6 Å². The third-order valence-electron chi connectivity index (χ3n) is 5.78. The van der Waals surface area contributed by atoms with Crippen molar-refractivity contribution >= 4 is 17.5 Å². The minimum absolute atomic E-state index is 0.0815. The van der Waals surface area contributed by atoms with Crippen LogP contribution in [0.4, 0.5) is 11.6 Å². The van der Waals surface area contributed by atoms with E-state index in [1.54, 1.807) is 4.70 Å². The summed E-state index contributed by atoms with van der Waals surface area (Å²) in [6.45, 7) is 2.30. The standard InChI is InChI=1S/C30H24N7O2/c1-22-17-19-23(20-18-22)27-34-36(24-11-5-2-6-12-24)21-37(35-27)28-31-29(38-25-13-7-3-8-14-25)33-30(32-28)39-26-15-9-4-10-16-26/h2-20H,21H2,1H3/q+1. The molecular weight excluding hydrogens is 490 g/mol. The van der Waals surface area contributed by atoms with Gasteiger partial charge in [0, 0.05) is 5.56 Å². The van der Waals surface area contributed by atoms with Gasteiger partial charge < -0.3 is 9.47 Å². The molecule has 2 heterocycles. The van der Waals surface area contributed by atoms with Crippen molar-refractivity contribution in [1.29, 1.82) is 0 Å². The normalized spacial score (nSPS) is 12.9. The van der Waals surface area contributed by atoms with Gasteiger partial charge in [0.05, 0.1) is 5.69 Å². The fourth-order valence-electron chi connectivity index (χ4n) is 3.83. The van der Waals surface area contributed by atoms with Gasteiger partial charge in [-0.1, -0.05) is 89.5 Å². The Bertz CT molecular complexity index is 1570. The predicted octanol–water partition coefficient (Wildman–Crippen LogP) is 6.70. The van der Waals surface area contributed by atoms with Crippen LogP contribution in [0.1, 0.15) is 11.1 Å². The zero-order chi connectivity index (χ0) is 26.4. The lowest BCUT2D eigenvalue weighted by Gasteiger charge is -2.22. The summed E-state index contributed by atoms with van der Waals surface area (Å²) in [6.07, 6.45) is 0. The van der Waals surface area contributed by atoms with Crippen molar-refractivity contribution in [3.05, 3.63) is 126 Å². The van der Waals surface area contributed by atoms with Crippen molar-refractivity contribution in [3.8, 4) is 23.5 Å². The Labute approximate surface area is 225 Å². The lowest BCUT2D eigenvalue weighted by atomic mass is 10.1. The molecule has 0 fully saturated rings. The van der Waals surface area contributed by atoms with Gasteiger partial charge >= 0.3 is 18.0 Å². The molecule has 190 valence electrons. The molecule has 9 nitrogen and oxygen atoms in total. The van der Waals surface area contributed by atoms with E-state index in [2.05, 4.69) is 15.0 Å². The molecule has 0 bridgehead atoms. The van der Waals surface area contributed by atoms with E-state index in [0.717, 1.165) is 16.8 Å². The molecule has 9 heteroatoms. The van der Waals surface area contributed by atoms with Gasteiger partial charge in [-0.05, 0) is 53.3 Å². The third kappa shape index (κ3) is 5.78. The second kappa shape index (κ2) is 10.9. The first-order valence-electron chi connectivity index (χ1n) is 12.4. The van der Waals surface area contributed by atoms with Gasteiger partial charge in [0.25, 0.3) is 0 Å². The molecule has 5 aromatic rings. The van der Waals surface area contributed by atoms with Crippen LogP contribution in [0.15, 0.2) is 125 Å². The van der Waals surface area contributed by atoms with Gasteiger partial charge in [0.1, 0.15) is 11.5 Å². The number of hydrazone groups is 1. The molecule has 0 radical (unpaired) electrons. The molecule has 0 amide bonds. The molecule has 0 atom stereocenters. The quantitative estimate of drug-likeness (QED) is 0.225. The minimum atomic E-state index is 0.0815. The number of rotatable bonds is 7.